The summed E-state index contributed by atoms with van der Waals surface area (Å²) in [5.41, 5.74) is 2.53. The van der Waals surface area contributed by atoms with E-state index in [9.17, 15) is 4.79 Å². The van der Waals surface area contributed by atoms with Gasteiger partial charge in [-0.15, -0.1) is 11.8 Å². The number of benzene rings is 2. The monoisotopic (exact) mass is 438 g/mol. The summed E-state index contributed by atoms with van der Waals surface area (Å²) in [6.07, 6.45) is 4.66. The van der Waals surface area contributed by atoms with Crippen molar-refractivity contribution in [3.8, 4) is 0 Å². The van der Waals surface area contributed by atoms with Crippen LogP contribution in [0.1, 0.15) is 36.8 Å². The highest BCUT2D eigenvalue weighted by molar-refractivity contribution is 7.99. The lowest BCUT2D eigenvalue weighted by molar-refractivity contribution is -0.130. The number of rotatable bonds is 9. The van der Waals surface area contributed by atoms with Crippen LogP contribution in [0.15, 0.2) is 60.7 Å². The molecule has 2 fully saturated rings. The van der Waals surface area contributed by atoms with Gasteiger partial charge in [-0.1, -0.05) is 60.7 Å². The van der Waals surface area contributed by atoms with Crippen LogP contribution >= 0.6 is 11.8 Å². The normalized spacial score (nSPS) is 20.3. The third kappa shape index (κ3) is 6.58. The molecule has 1 atom stereocenters. The molecule has 166 valence electrons. The summed E-state index contributed by atoms with van der Waals surface area (Å²) in [6, 6.07) is 21.9. The molecule has 0 saturated carbocycles. The van der Waals surface area contributed by atoms with Crippen LogP contribution in [0.2, 0.25) is 0 Å². The molecule has 2 heterocycles. The zero-order valence-corrected chi connectivity index (χ0v) is 19.1. The number of ether oxygens (including phenoxy) is 1. The van der Waals surface area contributed by atoms with E-state index in [1.165, 1.54) is 30.5 Å². The Labute approximate surface area is 191 Å². The minimum absolute atomic E-state index is 0.295. The lowest BCUT2D eigenvalue weighted by Gasteiger charge is -2.39. The number of hydrogen-bond donors (Lipinski definition) is 0. The minimum Gasteiger partial charge on any atom is -0.375 e. The third-order valence-corrected chi connectivity index (χ3v) is 7.46. The molecule has 0 N–H and O–H groups in total. The Kier molecular flexibility index (Phi) is 8.45. The van der Waals surface area contributed by atoms with Crippen molar-refractivity contribution < 1.29 is 9.53 Å². The van der Waals surface area contributed by atoms with Crippen molar-refractivity contribution in [1.29, 1.82) is 0 Å². The molecule has 31 heavy (non-hydrogen) atoms. The molecule has 2 saturated heterocycles. The number of piperidine rings is 1. The Morgan fingerprint density at radius 2 is 1.58 bits per heavy atom. The first-order chi connectivity index (χ1) is 15.3. The number of likely N-dealkylation sites (tertiary alicyclic amines) is 2. The first-order valence-electron chi connectivity index (χ1n) is 11.6. The van der Waals surface area contributed by atoms with Gasteiger partial charge >= 0.3 is 0 Å². The van der Waals surface area contributed by atoms with Crippen LogP contribution in [0.3, 0.4) is 0 Å². The molecule has 0 bridgehead atoms. The van der Waals surface area contributed by atoms with Gasteiger partial charge in [0.15, 0.2) is 0 Å². The Morgan fingerprint density at radius 1 is 0.903 bits per heavy atom. The van der Waals surface area contributed by atoms with Crippen molar-refractivity contribution >= 4 is 17.7 Å². The number of nitrogens with zero attached hydrogens (tertiary/aromatic N) is 2. The predicted octanol–water partition coefficient (Wildman–Crippen LogP) is 4.59. The van der Waals surface area contributed by atoms with Crippen LogP contribution in [0.5, 0.6) is 0 Å². The van der Waals surface area contributed by atoms with Gasteiger partial charge in [-0.2, -0.15) is 0 Å². The van der Waals surface area contributed by atoms with E-state index >= 15 is 0 Å². The average molecular weight is 439 g/mol. The fourth-order valence-corrected chi connectivity index (χ4v) is 5.66. The van der Waals surface area contributed by atoms with E-state index in [4.69, 9.17) is 4.74 Å². The van der Waals surface area contributed by atoms with Gasteiger partial charge < -0.3 is 9.64 Å². The molecule has 1 amide bonds. The second-order valence-corrected chi connectivity index (χ2v) is 9.61. The first-order valence-corrected chi connectivity index (χ1v) is 12.7. The zero-order valence-electron chi connectivity index (χ0n) is 18.3. The molecule has 4 rings (SSSR count). The fraction of sp³-hybridized carbons (Fsp3) is 0.500. The van der Waals surface area contributed by atoms with Crippen molar-refractivity contribution in [3.63, 3.8) is 0 Å². The third-order valence-electron chi connectivity index (χ3n) is 6.47. The summed E-state index contributed by atoms with van der Waals surface area (Å²) in [6.45, 7) is 4.46. The van der Waals surface area contributed by atoms with Gasteiger partial charge in [-0.25, -0.2) is 0 Å². The predicted molar refractivity (Wildman–Crippen MR) is 128 cm³/mol. The maximum atomic E-state index is 12.6. The molecule has 0 spiro atoms. The molecule has 2 aromatic rings. The molecular formula is C26H34N2O2S. The van der Waals surface area contributed by atoms with Gasteiger partial charge in [-0.3, -0.25) is 9.69 Å². The largest absolute Gasteiger partial charge is 0.375 e. The Balaban J connectivity index is 1.16. The standard InChI is InChI=1S/C26H34N2O2S/c29-26(21-31-20-23-10-5-2-6-11-23)27-16-13-24(14-17-27)28-15-7-12-25(28)19-30-18-22-8-3-1-4-9-22/h1-6,8-11,24-25H,7,12-21H2. The van der Waals surface area contributed by atoms with Crippen molar-refractivity contribution in [2.75, 3.05) is 32.0 Å². The molecule has 0 radical (unpaired) electrons. The number of carbonyl (C=O) groups is 1. The highest BCUT2D eigenvalue weighted by Crippen LogP contribution is 2.27. The highest BCUT2D eigenvalue weighted by atomic mass is 32.2. The number of hydrogen-bond acceptors (Lipinski definition) is 4. The van der Waals surface area contributed by atoms with Gasteiger partial charge in [0.2, 0.25) is 5.91 Å². The molecule has 0 aliphatic carbocycles. The van der Waals surface area contributed by atoms with Crippen molar-refractivity contribution in [3.05, 3.63) is 71.8 Å². The van der Waals surface area contributed by atoms with E-state index in [2.05, 4.69) is 58.3 Å². The average Bonchev–Trinajstić information content (AvgIpc) is 3.29. The van der Waals surface area contributed by atoms with Crippen LogP contribution < -0.4 is 0 Å². The zero-order chi connectivity index (χ0) is 21.3. The second kappa shape index (κ2) is 11.7. The summed E-state index contributed by atoms with van der Waals surface area (Å²) < 4.78 is 6.06. The van der Waals surface area contributed by atoms with E-state index < -0.39 is 0 Å². The Bertz CT molecular complexity index is 794. The number of carbonyl (C=O) groups excluding carboxylic acids is 1. The van der Waals surface area contributed by atoms with Crippen LogP contribution in [-0.4, -0.2) is 59.8 Å². The molecular weight excluding hydrogens is 404 g/mol. The highest BCUT2D eigenvalue weighted by Gasteiger charge is 2.33. The lowest BCUT2D eigenvalue weighted by Crippen LogP contribution is -2.49. The van der Waals surface area contributed by atoms with Crippen LogP contribution in [-0.2, 0) is 21.9 Å². The summed E-state index contributed by atoms with van der Waals surface area (Å²) in [7, 11) is 0. The maximum Gasteiger partial charge on any atom is 0.232 e. The summed E-state index contributed by atoms with van der Waals surface area (Å²) in [5.74, 6) is 1.78. The van der Waals surface area contributed by atoms with Gasteiger partial charge in [0.05, 0.1) is 19.0 Å². The summed E-state index contributed by atoms with van der Waals surface area (Å²) in [4.78, 5) is 17.4. The van der Waals surface area contributed by atoms with E-state index in [1.54, 1.807) is 11.8 Å². The molecule has 0 aromatic heterocycles. The van der Waals surface area contributed by atoms with Crippen LogP contribution in [0.25, 0.3) is 0 Å². The van der Waals surface area contributed by atoms with Crippen LogP contribution in [0.4, 0.5) is 0 Å². The van der Waals surface area contributed by atoms with Gasteiger partial charge in [0, 0.05) is 30.9 Å². The second-order valence-electron chi connectivity index (χ2n) is 8.62. The molecule has 2 aliphatic heterocycles. The molecule has 4 nitrogen and oxygen atoms in total. The molecule has 1 unspecified atom stereocenters. The first kappa shape index (κ1) is 22.4. The molecule has 5 heteroatoms. The number of amides is 1. The summed E-state index contributed by atoms with van der Waals surface area (Å²) >= 11 is 1.72. The van der Waals surface area contributed by atoms with E-state index in [0.717, 1.165) is 38.3 Å². The van der Waals surface area contributed by atoms with E-state index in [1.807, 2.05) is 12.1 Å². The fourth-order valence-electron chi connectivity index (χ4n) is 4.77. The lowest BCUT2D eigenvalue weighted by atomic mass is 10.0. The van der Waals surface area contributed by atoms with Crippen LogP contribution in [0, 0.1) is 0 Å². The Hall–Kier alpha value is -1.82. The molecule has 2 aliphatic rings. The minimum atomic E-state index is 0.295. The summed E-state index contributed by atoms with van der Waals surface area (Å²) in [5, 5.41) is 0. The van der Waals surface area contributed by atoms with Gasteiger partial charge in [0.1, 0.15) is 0 Å². The van der Waals surface area contributed by atoms with Crippen molar-refractivity contribution in [2.45, 2.75) is 50.1 Å². The van der Waals surface area contributed by atoms with E-state index in [-0.39, 0.29) is 0 Å². The Morgan fingerprint density at radius 3 is 2.29 bits per heavy atom. The quantitative estimate of drug-likeness (QED) is 0.573. The van der Waals surface area contributed by atoms with Crippen molar-refractivity contribution in [2.24, 2.45) is 0 Å². The smallest absolute Gasteiger partial charge is 0.232 e. The van der Waals surface area contributed by atoms with Gasteiger partial charge in [0.25, 0.3) is 0 Å². The van der Waals surface area contributed by atoms with Crippen molar-refractivity contribution in [1.82, 2.24) is 9.80 Å². The number of thioether (sulfide) groups is 1. The van der Waals surface area contributed by atoms with Gasteiger partial charge in [-0.05, 0) is 43.4 Å². The maximum absolute atomic E-state index is 12.6. The topological polar surface area (TPSA) is 32.8 Å². The SMILES string of the molecule is O=C(CSCc1ccccc1)N1CCC(N2CCCC2COCc2ccccc2)CC1. The van der Waals surface area contributed by atoms with E-state index in [0.29, 0.717) is 30.4 Å². The molecule has 2 aromatic carbocycles.